The van der Waals surface area contributed by atoms with Crippen molar-refractivity contribution >= 4 is 12.0 Å². The molecule has 33 heavy (non-hydrogen) atoms. The minimum Gasteiger partial charge on any atom is -0.478 e. The third-order valence-corrected chi connectivity index (χ3v) is 6.90. The number of carboxylic acid groups (broad SMARTS) is 1. The standard InChI is InChI=1S/C29H31NO3/c1-28(2)13-14-29(3,4)26-23(20-11-15-30-16-12-20)17-22(18-24(26)28)25(31)10-7-19-5-8-21(9-6-19)27(32)33/h5-12,15-18,25,31H,13-14H2,1-4H3,(H,32,33). The van der Waals surface area contributed by atoms with Gasteiger partial charge in [0, 0.05) is 12.4 Å². The molecule has 1 aliphatic carbocycles. The fraction of sp³-hybridized carbons (Fsp3) is 0.310. The Labute approximate surface area is 195 Å². The molecule has 0 fully saturated rings. The molecule has 4 rings (SSSR count). The molecule has 1 aliphatic rings. The smallest absolute Gasteiger partial charge is 0.335 e. The van der Waals surface area contributed by atoms with Crippen molar-refractivity contribution in [2.45, 2.75) is 57.5 Å². The van der Waals surface area contributed by atoms with Crippen molar-refractivity contribution in [2.24, 2.45) is 0 Å². The molecule has 3 aromatic rings. The van der Waals surface area contributed by atoms with Gasteiger partial charge < -0.3 is 10.2 Å². The summed E-state index contributed by atoms with van der Waals surface area (Å²) in [5.74, 6) is -0.950. The highest BCUT2D eigenvalue weighted by Crippen LogP contribution is 2.50. The topological polar surface area (TPSA) is 70.4 Å². The number of aromatic nitrogens is 1. The molecular formula is C29H31NO3. The zero-order valence-corrected chi connectivity index (χ0v) is 19.7. The summed E-state index contributed by atoms with van der Waals surface area (Å²) in [7, 11) is 0. The van der Waals surface area contributed by atoms with Crippen LogP contribution in [0.3, 0.4) is 0 Å². The minimum absolute atomic E-state index is 0.0126. The Morgan fingerprint density at radius 2 is 1.61 bits per heavy atom. The Balaban J connectivity index is 1.78. The average molecular weight is 442 g/mol. The van der Waals surface area contributed by atoms with Crippen molar-refractivity contribution in [1.82, 2.24) is 4.98 Å². The van der Waals surface area contributed by atoms with Gasteiger partial charge in [0.1, 0.15) is 0 Å². The van der Waals surface area contributed by atoms with Crippen molar-refractivity contribution in [2.75, 3.05) is 0 Å². The number of aliphatic hydroxyl groups is 1. The van der Waals surface area contributed by atoms with Gasteiger partial charge in [0.2, 0.25) is 0 Å². The molecule has 1 aromatic heterocycles. The summed E-state index contributed by atoms with van der Waals surface area (Å²) in [5, 5.41) is 20.2. The summed E-state index contributed by atoms with van der Waals surface area (Å²) in [4.78, 5) is 15.3. The maximum atomic E-state index is 11.1. The van der Waals surface area contributed by atoms with Gasteiger partial charge in [-0.3, -0.25) is 4.98 Å². The van der Waals surface area contributed by atoms with Gasteiger partial charge in [-0.15, -0.1) is 0 Å². The molecule has 4 heteroatoms. The Morgan fingerprint density at radius 1 is 0.970 bits per heavy atom. The first-order valence-electron chi connectivity index (χ1n) is 11.4. The first kappa shape index (κ1) is 22.9. The van der Waals surface area contributed by atoms with E-state index in [1.165, 1.54) is 11.1 Å². The normalized spacial score (nSPS) is 17.5. The van der Waals surface area contributed by atoms with E-state index >= 15 is 0 Å². The molecule has 4 nitrogen and oxygen atoms in total. The van der Waals surface area contributed by atoms with Crippen molar-refractivity contribution in [3.05, 3.63) is 94.8 Å². The minimum atomic E-state index is -0.950. The van der Waals surface area contributed by atoms with Crippen LogP contribution in [0.4, 0.5) is 0 Å². The summed E-state index contributed by atoms with van der Waals surface area (Å²) in [5.41, 5.74) is 6.89. The molecule has 0 saturated heterocycles. The molecule has 170 valence electrons. The maximum Gasteiger partial charge on any atom is 0.335 e. The van der Waals surface area contributed by atoms with Gasteiger partial charge >= 0.3 is 5.97 Å². The average Bonchev–Trinajstić information content (AvgIpc) is 2.80. The molecule has 2 N–H and O–H groups in total. The molecule has 1 atom stereocenters. The molecule has 0 bridgehead atoms. The number of aliphatic hydroxyl groups excluding tert-OH is 1. The monoisotopic (exact) mass is 441 g/mol. The molecule has 2 aromatic carbocycles. The van der Waals surface area contributed by atoms with Crippen molar-refractivity contribution < 1.29 is 15.0 Å². The molecule has 0 spiro atoms. The molecule has 0 radical (unpaired) electrons. The van der Waals surface area contributed by atoms with Gasteiger partial charge in [0.15, 0.2) is 0 Å². The third kappa shape index (κ3) is 4.62. The molecule has 1 unspecified atom stereocenters. The van der Waals surface area contributed by atoms with Gasteiger partial charge in [-0.25, -0.2) is 4.79 Å². The second kappa shape index (κ2) is 8.60. The summed E-state index contributed by atoms with van der Waals surface area (Å²) in [6.07, 6.45) is 8.63. The number of rotatable bonds is 5. The van der Waals surface area contributed by atoms with E-state index in [1.807, 2.05) is 30.6 Å². The van der Waals surface area contributed by atoms with E-state index in [4.69, 9.17) is 5.11 Å². The molecular weight excluding hydrogens is 410 g/mol. The van der Waals surface area contributed by atoms with Gasteiger partial charge in [-0.05, 0) is 87.4 Å². The summed E-state index contributed by atoms with van der Waals surface area (Å²) in [6.45, 7) is 9.19. The lowest BCUT2D eigenvalue weighted by atomic mass is 9.61. The highest BCUT2D eigenvalue weighted by Gasteiger charge is 2.39. The predicted octanol–water partition coefficient (Wildman–Crippen LogP) is 6.54. The highest BCUT2D eigenvalue weighted by molar-refractivity contribution is 5.87. The number of nitrogens with zero attached hydrogens (tertiary/aromatic N) is 1. The van der Waals surface area contributed by atoms with Crippen molar-refractivity contribution in [3.8, 4) is 11.1 Å². The van der Waals surface area contributed by atoms with Crippen LogP contribution in [-0.2, 0) is 10.8 Å². The Morgan fingerprint density at radius 3 is 2.24 bits per heavy atom. The number of fused-ring (bicyclic) bond motifs is 1. The van der Waals surface area contributed by atoms with Gasteiger partial charge in [0.05, 0.1) is 11.7 Å². The van der Waals surface area contributed by atoms with Gasteiger partial charge in [0.25, 0.3) is 0 Å². The van der Waals surface area contributed by atoms with E-state index in [2.05, 4.69) is 44.8 Å². The number of carboxylic acids is 1. The zero-order valence-electron chi connectivity index (χ0n) is 19.7. The van der Waals surface area contributed by atoms with Crippen LogP contribution in [0.2, 0.25) is 0 Å². The number of hydrogen-bond acceptors (Lipinski definition) is 3. The summed E-state index contributed by atoms with van der Waals surface area (Å²) in [6, 6.07) is 15.0. The van der Waals surface area contributed by atoms with Crippen LogP contribution in [0, 0.1) is 0 Å². The number of benzene rings is 2. The first-order chi connectivity index (χ1) is 15.6. The van der Waals surface area contributed by atoms with E-state index in [0.29, 0.717) is 0 Å². The van der Waals surface area contributed by atoms with Crippen LogP contribution < -0.4 is 0 Å². The lowest BCUT2D eigenvalue weighted by Crippen LogP contribution is -2.34. The fourth-order valence-corrected chi connectivity index (χ4v) is 4.79. The third-order valence-electron chi connectivity index (χ3n) is 6.90. The van der Waals surface area contributed by atoms with E-state index in [0.717, 1.165) is 35.1 Å². The summed E-state index contributed by atoms with van der Waals surface area (Å²) >= 11 is 0. The van der Waals surface area contributed by atoms with Gasteiger partial charge in [-0.1, -0.05) is 58.0 Å². The predicted molar refractivity (Wildman–Crippen MR) is 132 cm³/mol. The van der Waals surface area contributed by atoms with Crippen LogP contribution in [0.15, 0.2) is 67.0 Å². The fourth-order valence-electron chi connectivity index (χ4n) is 4.79. The van der Waals surface area contributed by atoms with Crippen molar-refractivity contribution in [1.29, 1.82) is 0 Å². The van der Waals surface area contributed by atoms with Crippen LogP contribution >= 0.6 is 0 Å². The SMILES string of the molecule is CC1(C)CCC(C)(C)c2c(-c3ccncc3)cc(C(O)C=Cc3ccc(C(=O)O)cc3)cc21. The van der Waals surface area contributed by atoms with Crippen LogP contribution in [0.5, 0.6) is 0 Å². The second-order valence-corrected chi connectivity index (χ2v) is 10.2. The maximum absolute atomic E-state index is 11.1. The van der Waals surface area contributed by atoms with Crippen LogP contribution in [-0.4, -0.2) is 21.2 Å². The van der Waals surface area contributed by atoms with E-state index < -0.39 is 12.1 Å². The molecule has 0 amide bonds. The van der Waals surface area contributed by atoms with E-state index in [9.17, 15) is 9.90 Å². The van der Waals surface area contributed by atoms with Crippen molar-refractivity contribution in [3.63, 3.8) is 0 Å². The number of pyridine rings is 1. The van der Waals surface area contributed by atoms with Crippen LogP contribution in [0.1, 0.15) is 79.3 Å². The molecule has 1 heterocycles. The zero-order chi connectivity index (χ0) is 23.8. The van der Waals surface area contributed by atoms with Gasteiger partial charge in [-0.2, -0.15) is 0 Å². The number of carbonyl (C=O) groups is 1. The Bertz CT molecular complexity index is 1190. The number of aromatic carboxylic acids is 1. The summed E-state index contributed by atoms with van der Waals surface area (Å²) < 4.78 is 0. The van der Waals surface area contributed by atoms with Crippen LogP contribution in [0.25, 0.3) is 17.2 Å². The Kier molecular flexibility index (Phi) is 5.98. The highest BCUT2D eigenvalue weighted by atomic mass is 16.4. The van der Waals surface area contributed by atoms with E-state index in [1.54, 1.807) is 30.3 Å². The largest absolute Gasteiger partial charge is 0.478 e. The Hall–Kier alpha value is -3.24. The first-order valence-corrected chi connectivity index (χ1v) is 11.4. The number of hydrogen-bond donors (Lipinski definition) is 2. The lowest BCUT2D eigenvalue weighted by Gasteiger charge is -2.43. The second-order valence-electron chi connectivity index (χ2n) is 10.2. The quantitative estimate of drug-likeness (QED) is 0.471. The van der Waals surface area contributed by atoms with E-state index in [-0.39, 0.29) is 16.4 Å². The molecule has 0 saturated carbocycles. The lowest BCUT2D eigenvalue weighted by molar-refractivity contribution is 0.0697. The molecule has 0 aliphatic heterocycles.